The van der Waals surface area contributed by atoms with E-state index in [2.05, 4.69) is 5.32 Å². The Morgan fingerprint density at radius 3 is 2.33 bits per heavy atom. The molecular formula is C24H30FN3O4S. The van der Waals surface area contributed by atoms with Crippen molar-refractivity contribution in [3.8, 4) is 0 Å². The molecule has 33 heavy (non-hydrogen) atoms. The number of carbonyl (C=O) groups excluding carboxylic acids is 2. The van der Waals surface area contributed by atoms with Gasteiger partial charge in [-0.1, -0.05) is 17.7 Å². The number of likely N-dealkylation sites (N-methyl/N-ethyl adjacent to an activating group) is 1. The van der Waals surface area contributed by atoms with Crippen molar-refractivity contribution in [3.63, 3.8) is 0 Å². The Labute approximate surface area is 194 Å². The molecule has 2 aromatic carbocycles. The first-order valence-corrected chi connectivity index (χ1v) is 12.3. The van der Waals surface area contributed by atoms with Gasteiger partial charge in [0.25, 0.3) is 0 Å². The fraction of sp³-hybridized carbons (Fsp3) is 0.417. The Hall–Kier alpha value is -2.78. The number of halogens is 1. The Bertz CT molecular complexity index is 1130. The number of anilines is 1. The molecule has 0 aromatic heterocycles. The molecule has 1 heterocycles. The van der Waals surface area contributed by atoms with Crippen LogP contribution in [-0.4, -0.2) is 56.1 Å². The maximum atomic E-state index is 13.2. The second-order valence-corrected chi connectivity index (χ2v) is 10.6. The first-order chi connectivity index (χ1) is 15.5. The highest BCUT2D eigenvalue weighted by atomic mass is 32.2. The molecule has 9 heteroatoms. The molecule has 0 spiro atoms. The minimum absolute atomic E-state index is 0.00595. The lowest BCUT2D eigenvalue weighted by molar-refractivity contribution is -0.138. The second-order valence-electron chi connectivity index (χ2n) is 8.67. The van der Waals surface area contributed by atoms with Crippen LogP contribution in [0.1, 0.15) is 29.5 Å². The van der Waals surface area contributed by atoms with E-state index in [1.807, 2.05) is 32.9 Å². The molecule has 7 nitrogen and oxygen atoms in total. The van der Waals surface area contributed by atoms with Crippen LogP contribution >= 0.6 is 0 Å². The van der Waals surface area contributed by atoms with Crippen molar-refractivity contribution in [2.45, 2.75) is 38.5 Å². The number of rotatable bonds is 6. The van der Waals surface area contributed by atoms with E-state index in [9.17, 15) is 22.4 Å². The van der Waals surface area contributed by atoms with Gasteiger partial charge in [-0.25, -0.2) is 12.8 Å². The van der Waals surface area contributed by atoms with Gasteiger partial charge in [0.15, 0.2) is 0 Å². The zero-order valence-electron chi connectivity index (χ0n) is 19.4. The number of piperidine rings is 1. The summed E-state index contributed by atoms with van der Waals surface area (Å²) in [4.78, 5) is 26.9. The molecule has 0 radical (unpaired) electrons. The summed E-state index contributed by atoms with van der Waals surface area (Å²) in [5.41, 5.74) is 3.74. The van der Waals surface area contributed by atoms with Crippen LogP contribution in [0.2, 0.25) is 0 Å². The molecule has 0 saturated carbocycles. The number of aryl methyl sites for hydroxylation is 3. The summed E-state index contributed by atoms with van der Waals surface area (Å²) in [6.45, 7) is 6.01. The van der Waals surface area contributed by atoms with Crippen LogP contribution in [0.3, 0.4) is 0 Å². The molecule has 1 atom stereocenters. The van der Waals surface area contributed by atoms with E-state index in [0.717, 1.165) is 34.5 Å². The van der Waals surface area contributed by atoms with Crippen LogP contribution < -0.4 is 5.32 Å². The number of sulfonamides is 1. The van der Waals surface area contributed by atoms with Crippen molar-refractivity contribution in [3.05, 3.63) is 58.9 Å². The third kappa shape index (κ3) is 5.78. The topological polar surface area (TPSA) is 86.8 Å². The minimum Gasteiger partial charge on any atom is -0.336 e. The van der Waals surface area contributed by atoms with E-state index in [4.69, 9.17) is 0 Å². The molecule has 1 aliphatic rings. The van der Waals surface area contributed by atoms with Gasteiger partial charge in [0.1, 0.15) is 5.82 Å². The van der Waals surface area contributed by atoms with Gasteiger partial charge < -0.3 is 10.2 Å². The molecule has 3 rings (SSSR count). The standard InChI is InChI=1S/C24H30FN3O4S/c1-16-12-17(2)23(18(3)13-16)26-22(29)15-27(4)24(30)19-6-5-11-28(14-19)33(31,32)21-9-7-20(25)8-10-21/h7-10,12-13,19H,5-6,11,14-15H2,1-4H3,(H,26,29). The molecule has 0 aliphatic carbocycles. The fourth-order valence-electron chi connectivity index (χ4n) is 4.28. The van der Waals surface area contributed by atoms with Crippen molar-refractivity contribution < 1.29 is 22.4 Å². The Morgan fingerprint density at radius 1 is 1.12 bits per heavy atom. The van der Waals surface area contributed by atoms with Crippen LogP contribution in [-0.2, 0) is 19.6 Å². The first kappa shape index (κ1) is 24.9. The summed E-state index contributed by atoms with van der Waals surface area (Å²) in [5.74, 6) is -1.65. The molecular weight excluding hydrogens is 445 g/mol. The van der Waals surface area contributed by atoms with E-state index >= 15 is 0 Å². The van der Waals surface area contributed by atoms with Crippen LogP contribution in [0.4, 0.5) is 10.1 Å². The van der Waals surface area contributed by atoms with E-state index in [0.29, 0.717) is 19.4 Å². The van der Waals surface area contributed by atoms with E-state index < -0.39 is 21.8 Å². The number of hydrogen-bond donors (Lipinski definition) is 1. The van der Waals surface area contributed by atoms with E-state index in [1.54, 1.807) is 7.05 Å². The van der Waals surface area contributed by atoms with Gasteiger partial charge in [0.05, 0.1) is 17.4 Å². The third-order valence-corrected chi connectivity index (χ3v) is 7.76. The van der Waals surface area contributed by atoms with Gasteiger partial charge in [-0.15, -0.1) is 0 Å². The zero-order valence-corrected chi connectivity index (χ0v) is 20.2. The molecule has 1 fully saturated rings. The maximum absolute atomic E-state index is 13.2. The van der Waals surface area contributed by atoms with Gasteiger partial charge in [-0.2, -0.15) is 4.31 Å². The summed E-state index contributed by atoms with van der Waals surface area (Å²) in [5, 5.41) is 2.88. The largest absolute Gasteiger partial charge is 0.336 e. The molecule has 2 aromatic rings. The number of carbonyl (C=O) groups is 2. The predicted octanol–water partition coefficient (Wildman–Crippen LogP) is 3.25. The number of amides is 2. The molecule has 1 unspecified atom stereocenters. The van der Waals surface area contributed by atoms with Crippen LogP contribution in [0.25, 0.3) is 0 Å². The number of hydrogen-bond acceptors (Lipinski definition) is 4. The quantitative estimate of drug-likeness (QED) is 0.695. The summed E-state index contributed by atoms with van der Waals surface area (Å²) in [6, 6.07) is 8.61. The number of nitrogens with one attached hydrogen (secondary N) is 1. The van der Waals surface area contributed by atoms with Gasteiger partial charge in [-0.3, -0.25) is 9.59 Å². The molecule has 2 amide bonds. The lowest BCUT2D eigenvalue weighted by Crippen LogP contribution is -2.47. The summed E-state index contributed by atoms with van der Waals surface area (Å²) < 4.78 is 40.3. The predicted molar refractivity (Wildman–Crippen MR) is 125 cm³/mol. The van der Waals surface area contributed by atoms with Crippen molar-refractivity contribution in [2.24, 2.45) is 5.92 Å². The Morgan fingerprint density at radius 2 is 1.73 bits per heavy atom. The highest BCUT2D eigenvalue weighted by Crippen LogP contribution is 2.25. The average molecular weight is 476 g/mol. The highest BCUT2D eigenvalue weighted by molar-refractivity contribution is 7.89. The number of benzene rings is 2. The van der Waals surface area contributed by atoms with Crippen LogP contribution in [0, 0.1) is 32.5 Å². The van der Waals surface area contributed by atoms with Crippen molar-refractivity contribution in [1.29, 1.82) is 0 Å². The summed E-state index contributed by atoms with van der Waals surface area (Å²) >= 11 is 0. The zero-order chi connectivity index (χ0) is 24.3. The molecule has 1 saturated heterocycles. The van der Waals surface area contributed by atoms with Crippen LogP contribution in [0.5, 0.6) is 0 Å². The average Bonchev–Trinajstić information content (AvgIpc) is 2.76. The fourth-order valence-corrected chi connectivity index (χ4v) is 5.80. The molecule has 0 bridgehead atoms. The lowest BCUT2D eigenvalue weighted by Gasteiger charge is -2.33. The van der Waals surface area contributed by atoms with E-state index in [1.165, 1.54) is 21.3 Å². The van der Waals surface area contributed by atoms with Crippen LogP contribution in [0.15, 0.2) is 41.3 Å². The smallest absolute Gasteiger partial charge is 0.243 e. The first-order valence-electron chi connectivity index (χ1n) is 10.9. The minimum atomic E-state index is -3.83. The van der Waals surface area contributed by atoms with Gasteiger partial charge in [-0.05, 0) is 69.0 Å². The van der Waals surface area contributed by atoms with Crippen molar-refractivity contribution in [2.75, 3.05) is 32.0 Å². The Balaban J connectivity index is 1.64. The van der Waals surface area contributed by atoms with Crippen molar-refractivity contribution in [1.82, 2.24) is 9.21 Å². The molecule has 1 N–H and O–H groups in total. The SMILES string of the molecule is Cc1cc(C)c(NC(=O)CN(C)C(=O)C2CCCN(S(=O)(=O)c3ccc(F)cc3)C2)c(C)c1. The normalized spacial score (nSPS) is 16.9. The van der Waals surface area contributed by atoms with Crippen molar-refractivity contribution >= 4 is 27.5 Å². The van der Waals surface area contributed by atoms with Gasteiger partial charge in [0.2, 0.25) is 21.8 Å². The lowest BCUT2D eigenvalue weighted by atomic mass is 9.98. The Kier molecular flexibility index (Phi) is 7.54. The number of nitrogens with zero attached hydrogens (tertiary/aromatic N) is 2. The maximum Gasteiger partial charge on any atom is 0.243 e. The third-order valence-electron chi connectivity index (χ3n) is 5.88. The van der Waals surface area contributed by atoms with Gasteiger partial charge in [0, 0.05) is 25.8 Å². The molecule has 178 valence electrons. The molecule has 1 aliphatic heterocycles. The van der Waals surface area contributed by atoms with Gasteiger partial charge >= 0.3 is 0 Å². The monoisotopic (exact) mass is 475 g/mol. The summed E-state index contributed by atoms with van der Waals surface area (Å²) in [6.07, 6.45) is 1.06. The second kappa shape index (κ2) is 10.0. The van der Waals surface area contributed by atoms with E-state index in [-0.39, 0.29) is 29.8 Å². The summed E-state index contributed by atoms with van der Waals surface area (Å²) in [7, 11) is -2.29. The highest BCUT2D eigenvalue weighted by Gasteiger charge is 2.34.